The number of aromatic nitrogens is 2. The Morgan fingerprint density at radius 1 is 0.360 bits per heavy atom. The summed E-state index contributed by atoms with van der Waals surface area (Å²) in [5, 5.41) is -0.780. The van der Waals surface area contributed by atoms with Gasteiger partial charge >= 0.3 is 0 Å². The van der Waals surface area contributed by atoms with E-state index in [0.29, 0.717) is 33.3 Å². The lowest BCUT2D eigenvalue weighted by Crippen LogP contribution is -2.61. The highest BCUT2D eigenvalue weighted by atomic mass is 15.2. The van der Waals surface area contributed by atoms with E-state index in [2.05, 4.69) is 0 Å². The monoisotopic (exact) mass is 985 g/mol. The molecule has 11 aromatic carbocycles. The summed E-state index contributed by atoms with van der Waals surface area (Å²) in [6.45, 7) is 4.89. The van der Waals surface area contributed by atoms with Gasteiger partial charge < -0.3 is 18.9 Å². The Morgan fingerprint density at radius 3 is 1.11 bits per heavy atom. The zero-order valence-electron chi connectivity index (χ0n) is 66.1. The van der Waals surface area contributed by atoms with Gasteiger partial charge in [-0.2, -0.15) is 0 Å². The second kappa shape index (κ2) is 16.6. The van der Waals surface area contributed by atoms with E-state index in [1.165, 1.54) is 9.13 Å². The van der Waals surface area contributed by atoms with Crippen molar-refractivity contribution in [1.82, 2.24) is 9.13 Å². The molecule has 0 saturated carbocycles. The SMILES string of the molecule is [2H]c1c([2H])c([2H])c(-c2ccccc2N2c3cc(-n4c5c([2H])c([2H])c([2H])c([2H])c5c5c([2H])c([2H])c([2H])c([2H])c54)ccc3B3c4ccc(-n5c6c([2H])c([2H])c([2H])c([2H])c6c6c([2H])c([2H])c([2H])c([2H])c65)cc4N(c4ccccc4-c4c([2H])c([2H])c([2H])c([2H])c4[2H])c4cc(C(C)(C)C)cc2c43)c([2H])c1[2H]. The molecule has 4 heterocycles. The fraction of sp³-hybridized carbons (Fsp3) is 0.0571. The molecule has 354 valence electrons. The van der Waals surface area contributed by atoms with Crippen LogP contribution in [0.5, 0.6) is 0 Å². The largest absolute Gasteiger partial charge is 0.311 e. The fourth-order valence-corrected chi connectivity index (χ4v) is 11.1. The summed E-state index contributed by atoms with van der Waals surface area (Å²) in [6.07, 6.45) is 0. The summed E-state index contributed by atoms with van der Waals surface area (Å²) in [6, 6.07) is 11.4. The summed E-state index contributed by atoms with van der Waals surface area (Å²) in [5.74, 6) is 0. The molecule has 0 fully saturated rings. The van der Waals surface area contributed by atoms with Crippen LogP contribution in [0.4, 0.5) is 34.1 Å². The molecule has 0 saturated heterocycles. The lowest BCUT2D eigenvalue weighted by Gasteiger charge is -2.46. The molecule has 0 N–H and O–H groups in total. The van der Waals surface area contributed by atoms with Gasteiger partial charge in [0.25, 0.3) is 6.71 Å². The zero-order chi connectivity index (χ0) is 72.6. The minimum atomic E-state index is -0.976. The molecule has 0 unspecified atom stereocenters. The van der Waals surface area contributed by atoms with Crippen LogP contribution in [-0.2, 0) is 5.41 Å². The highest BCUT2D eigenvalue weighted by Gasteiger charge is 2.45. The predicted octanol–water partition coefficient (Wildman–Crippen LogP) is 16.6. The van der Waals surface area contributed by atoms with E-state index < -0.39 is 169 Å². The predicted molar refractivity (Wildman–Crippen MR) is 319 cm³/mol. The van der Waals surface area contributed by atoms with Gasteiger partial charge in [0.15, 0.2) is 0 Å². The second-order valence-corrected chi connectivity index (χ2v) is 19.4. The smallest absolute Gasteiger partial charge is 0.252 e. The van der Waals surface area contributed by atoms with Crippen molar-refractivity contribution >= 4 is 101 Å². The Kier molecular flexibility index (Phi) is 5.45. The number of nitrogens with zero attached hydrogens (tertiary/aromatic N) is 4. The molecular formula is C70H51BN4. The fourth-order valence-electron chi connectivity index (χ4n) is 11.1. The first-order valence-corrected chi connectivity index (χ1v) is 24.1. The number of fused-ring (bicyclic) bond motifs is 10. The first-order chi connectivity index (χ1) is 47.7. The van der Waals surface area contributed by atoms with Crippen LogP contribution in [0.25, 0.3) is 77.2 Å². The number of hydrogen-bond donors (Lipinski definition) is 0. The van der Waals surface area contributed by atoms with Crippen molar-refractivity contribution in [1.29, 1.82) is 0 Å². The van der Waals surface area contributed by atoms with Crippen molar-refractivity contribution in [2.45, 2.75) is 26.2 Å². The van der Waals surface area contributed by atoms with Crippen molar-refractivity contribution in [2.75, 3.05) is 9.80 Å². The lowest BCUT2D eigenvalue weighted by atomic mass is 9.33. The van der Waals surface area contributed by atoms with E-state index in [1.807, 2.05) is 42.7 Å². The first kappa shape index (κ1) is 24.6. The number of rotatable bonds is 6. The van der Waals surface area contributed by atoms with Gasteiger partial charge in [0.2, 0.25) is 0 Å². The normalized spacial score (nSPS) is 17.8. The summed E-state index contributed by atoms with van der Waals surface area (Å²) < 4.78 is 240. The third-order valence-electron chi connectivity index (χ3n) is 14.3. The molecular weight excluding hydrogens is 908 g/mol. The van der Waals surface area contributed by atoms with Gasteiger partial charge in [-0.3, -0.25) is 0 Å². The van der Waals surface area contributed by atoms with Gasteiger partial charge in [-0.05, 0) is 111 Å². The molecule has 4 nitrogen and oxygen atoms in total. The standard InChI is InChI=1S/C70H51BN4/c1-70(2,3)48-42-67-69-68(43-48)75(60-33-17-11-27-52(60)47-24-8-5-9-25-47)66-45-50(73-63-36-20-14-30-55(63)56-31-15-21-37-64(56)73)39-41-58(66)71(69)57-40-38-49(72-61-34-18-12-28-53(61)54-29-13-19-35-62(54)72)44-65(57)74(67)59-32-16-10-26-51(59)46-22-6-4-7-23-46/h4-45H,1-3H3/i4D,5D,6D,7D,8D,9D,12D,13D,14D,15D,18D,19D,20D,21D,22D,23D,24D,25D,28D,29D,30D,31D,34D,35D,36D,37D. The molecule has 15 rings (SSSR count). The molecule has 0 atom stereocenters. The summed E-state index contributed by atoms with van der Waals surface area (Å²) in [7, 11) is 0. The van der Waals surface area contributed by atoms with E-state index in [4.69, 9.17) is 19.2 Å². The molecule has 0 bridgehead atoms. The average molecular weight is 985 g/mol. The average Bonchev–Trinajstić information content (AvgIpc) is 1.67. The molecule has 0 aliphatic carbocycles. The van der Waals surface area contributed by atoms with Crippen molar-refractivity contribution in [3.63, 3.8) is 0 Å². The maximum Gasteiger partial charge on any atom is 0.252 e. The molecule has 2 aliphatic heterocycles. The molecule has 5 heteroatoms. The Morgan fingerprint density at radius 2 is 0.720 bits per heavy atom. The maximum atomic E-state index is 9.53. The van der Waals surface area contributed by atoms with Crippen LogP contribution in [0.1, 0.15) is 62.0 Å². The Bertz CT molecular complexity index is 5450. The van der Waals surface area contributed by atoms with Crippen LogP contribution in [0.15, 0.2) is 254 Å². The number of para-hydroxylation sites is 6. The topological polar surface area (TPSA) is 16.3 Å². The Hall–Kier alpha value is -9.32. The summed E-state index contributed by atoms with van der Waals surface area (Å²) >= 11 is 0. The Labute approximate surface area is 474 Å². The van der Waals surface area contributed by atoms with Gasteiger partial charge in [0.05, 0.1) is 69.1 Å². The third-order valence-corrected chi connectivity index (χ3v) is 14.3. The summed E-state index contributed by atoms with van der Waals surface area (Å²) in [5.41, 5.74) is 2.42. The van der Waals surface area contributed by atoms with Crippen LogP contribution >= 0.6 is 0 Å². The van der Waals surface area contributed by atoms with E-state index >= 15 is 0 Å². The maximum absolute atomic E-state index is 9.53. The molecule has 2 aliphatic rings. The minimum absolute atomic E-state index is 0.112. The molecule has 13 aromatic rings. The van der Waals surface area contributed by atoms with Crippen molar-refractivity contribution in [3.8, 4) is 33.6 Å². The molecule has 0 amide bonds. The Balaban J connectivity index is 1.15. The van der Waals surface area contributed by atoms with Crippen LogP contribution < -0.4 is 26.2 Å². The van der Waals surface area contributed by atoms with Gasteiger partial charge in [0, 0.05) is 66.8 Å². The van der Waals surface area contributed by atoms with E-state index in [-0.39, 0.29) is 100.0 Å². The molecule has 0 spiro atoms. The molecule has 0 radical (unpaired) electrons. The highest BCUT2D eigenvalue weighted by molar-refractivity contribution is 7.00. The zero-order valence-corrected chi connectivity index (χ0v) is 40.1. The quantitative estimate of drug-likeness (QED) is 0.154. The number of benzene rings is 11. The van der Waals surface area contributed by atoms with Gasteiger partial charge in [-0.15, -0.1) is 0 Å². The van der Waals surface area contributed by atoms with Gasteiger partial charge in [0.1, 0.15) is 0 Å². The van der Waals surface area contributed by atoms with Crippen LogP contribution in [-0.4, -0.2) is 15.8 Å². The third kappa shape index (κ3) is 6.57. The minimum Gasteiger partial charge on any atom is -0.311 e. The number of hydrogen-bond acceptors (Lipinski definition) is 2. The van der Waals surface area contributed by atoms with Crippen molar-refractivity contribution in [2.24, 2.45) is 0 Å². The second-order valence-electron chi connectivity index (χ2n) is 19.4. The first-order valence-electron chi connectivity index (χ1n) is 37.1. The van der Waals surface area contributed by atoms with E-state index in [1.54, 1.807) is 84.9 Å². The van der Waals surface area contributed by atoms with Crippen molar-refractivity contribution < 1.29 is 35.6 Å². The van der Waals surface area contributed by atoms with Crippen LogP contribution in [0.3, 0.4) is 0 Å². The van der Waals surface area contributed by atoms with Gasteiger partial charge in [-0.25, -0.2) is 0 Å². The van der Waals surface area contributed by atoms with Crippen LogP contribution in [0.2, 0.25) is 0 Å². The summed E-state index contributed by atoms with van der Waals surface area (Å²) in [4.78, 5) is 3.66. The number of anilines is 6. The molecule has 2 aromatic heterocycles. The van der Waals surface area contributed by atoms with Gasteiger partial charge in [-0.1, -0.05) is 202 Å². The van der Waals surface area contributed by atoms with E-state index in [9.17, 15) is 16.4 Å². The van der Waals surface area contributed by atoms with Crippen molar-refractivity contribution in [3.05, 3.63) is 260 Å². The van der Waals surface area contributed by atoms with E-state index in [0.717, 1.165) is 0 Å². The molecule has 75 heavy (non-hydrogen) atoms. The van der Waals surface area contributed by atoms with Crippen LogP contribution in [0, 0.1) is 0 Å². The highest BCUT2D eigenvalue weighted by Crippen LogP contribution is 2.50. The lowest BCUT2D eigenvalue weighted by molar-refractivity contribution is 0.590.